The Morgan fingerprint density at radius 3 is 2.13 bits per heavy atom. The second-order valence-electron chi connectivity index (χ2n) is 9.12. The summed E-state index contributed by atoms with van der Waals surface area (Å²) >= 11 is 0. The summed E-state index contributed by atoms with van der Waals surface area (Å²) in [5.41, 5.74) is 0.334. The highest BCUT2D eigenvalue weighted by Crippen LogP contribution is 2.60. The third-order valence-electron chi connectivity index (χ3n) is 7.51. The fourth-order valence-corrected chi connectivity index (χ4v) is 5.80. The summed E-state index contributed by atoms with van der Waals surface area (Å²) < 4.78 is 5.99. The van der Waals surface area contributed by atoms with Gasteiger partial charge in [-0.3, -0.25) is 4.79 Å². The molecule has 0 spiro atoms. The Bertz CT molecular complexity index is 1100. The molecule has 2 fully saturated rings. The molecule has 154 valence electrons. The number of rotatable bonds is 5. The number of hydrogen-bond donors (Lipinski definition) is 0. The van der Waals surface area contributed by atoms with E-state index in [1.54, 1.807) is 0 Å². The van der Waals surface area contributed by atoms with Crippen LogP contribution < -0.4 is 4.74 Å². The van der Waals surface area contributed by atoms with Crippen LogP contribution in [0.4, 0.5) is 0 Å². The van der Waals surface area contributed by atoms with Gasteiger partial charge in [0.15, 0.2) is 0 Å². The lowest BCUT2D eigenvalue weighted by Gasteiger charge is -2.33. The Morgan fingerprint density at radius 1 is 1.07 bits per heavy atom. The largest absolute Gasteiger partial charge is 0.425 e. The van der Waals surface area contributed by atoms with Crippen molar-refractivity contribution in [1.82, 2.24) is 0 Å². The third-order valence-corrected chi connectivity index (χ3v) is 7.51. The Morgan fingerprint density at radius 2 is 1.67 bits per heavy atom. The van der Waals surface area contributed by atoms with Crippen LogP contribution in [-0.2, 0) is 10.3 Å². The molecule has 0 radical (unpaired) electrons. The molecule has 4 heteroatoms. The number of carbonyl (C=O) groups excluding carboxylic acids is 1. The van der Waals surface area contributed by atoms with Crippen molar-refractivity contribution < 1.29 is 9.53 Å². The van der Waals surface area contributed by atoms with Gasteiger partial charge in [0.2, 0.25) is 0 Å². The average Bonchev–Trinajstić information content (AvgIpc) is 3.40. The summed E-state index contributed by atoms with van der Waals surface area (Å²) in [5.74, 6) is 1.08. The number of hydrogen-bond acceptors (Lipinski definition) is 4. The van der Waals surface area contributed by atoms with Crippen molar-refractivity contribution >= 4 is 27.5 Å². The molecule has 2 aliphatic carbocycles. The van der Waals surface area contributed by atoms with Gasteiger partial charge >= 0.3 is 5.97 Å². The van der Waals surface area contributed by atoms with Crippen molar-refractivity contribution in [2.24, 2.45) is 22.9 Å². The van der Waals surface area contributed by atoms with Crippen LogP contribution in [0.15, 0.2) is 53.7 Å². The number of benzene rings is 3. The summed E-state index contributed by atoms with van der Waals surface area (Å²) in [6, 6.07) is 16.0. The van der Waals surface area contributed by atoms with E-state index in [9.17, 15) is 9.70 Å². The van der Waals surface area contributed by atoms with Crippen molar-refractivity contribution in [1.29, 1.82) is 0 Å². The minimum atomic E-state index is -0.693. The Labute approximate surface area is 176 Å². The second-order valence-corrected chi connectivity index (χ2v) is 9.12. The van der Waals surface area contributed by atoms with Gasteiger partial charge < -0.3 is 4.74 Å². The van der Waals surface area contributed by atoms with Crippen LogP contribution in [0.1, 0.15) is 51.5 Å². The zero-order chi connectivity index (χ0) is 20.9. The maximum Gasteiger partial charge on any atom is 0.314 e. The number of nitroso groups, excluding NO2 is 1. The molecule has 0 N–H and O–H groups in total. The highest BCUT2D eigenvalue weighted by atomic mass is 16.5. The Hall–Kier alpha value is -2.75. The first kappa shape index (κ1) is 19.2. The van der Waals surface area contributed by atoms with Gasteiger partial charge in [-0.05, 0) is 60.3 Å². The van der Waals surface area contributed by atoms with E-state index in [0.29, 0.717) is 17.6 Å². The van der Waals surface area contributed by atoms with Crippen molar-refractivity contribution in [2.75, 3.05) is 0 Å². The first-order valence-corrected chi connectivity index (χ1v) is 11.1. The predicted octanol–water partition coefficient (Wildman–Crippen LogP) is 6.73. The number of fused-ring (bicyclic) bond motifs is 4. The molecule has 0 saturated heterocycles. The van der Waals surface area contributed by atoms with Crippen LogP contribution in [0.25, 0.3) is 21.5 Å². The minimum Gasteiger partial charge on any atom is -0.425 e. The van der Waals surface area contributed by atoms with Gasteiger partial charge in [0, 0.05) is 10.8 Å². The van der Waals surface area contributed by atoms with Crippen molar-refractivity contribution in [3.63, 3.8) is 0 Å². The summed E-state index contributed by atoms with van der Waals surface area (Å²) in [6.07, 6.45) is 4.89. The fourth-order valence-electron chi connectivity index (χ4n) is 5.80. The van der Waals surface area contributed by atoms with E-state index in [1.165, 1.54) is 6.42 Å². The zero-order valence-electron chi connectivity index (χ0n) is 17.6. The molecule has 0 aliphatic heterocycles. The number of carbonyl (C=O) groups is 1. The predicted molar refractivity (Wildman–Crippen MR) is 119 cm³/mol. The standard InChI is InChI=1S/C26H27NO3/c1-3-16(2)25(28)30-24-21-10-6-4-8-19(21)23(20-9-5-7-11-22(20)24)26(27-29)15-17-12-13-18(26)14-17/h4-11,16-18H,3,12-15H2,1-2H3. The van der Waals surface area contributed by atoms with Gasteiger partial charge in [-0.1, -0.05) is 67.6 Å². The lowest BCUT2D eigenvalue weighted by atomic mass is 9.73. The van der Waals surface area contributed by atoms with Gasteiger partial charge in [0.1, 0.15) is 11.3 Å². The second kappa shape index (κ2) is 7.19. The SMILES string of the molecule is CCC(C)C(=O)Oc1c2ccccc2c(C2(N=O)CC3CCC2C3)c2ccccc12. The van der Waals surface area contributed by atoms with Crippen molar-refractivity contribution in [3.8, 4) is 5.75 Å². The van der Waals surface area contributed by atoms with E-state index in [2.05, 4.69) is 17.3 Å². The lowest BCUT2D eigenvalue weighted by Crippen LogP contribution is -2.30. The average molecular weight is 402 g/mol. The molecule has 5 rings (SSSR count). The highest BCUT2D eigenvalue weighted by Gasteiger charge is 2.55. The van der Waals surface area contributed by atoms with E-state index in [4.69, 9.17) is 4.74 Å². The van der Waals surface area contributed by atoms with Gasteiger partial charge in [0.05, 0.1) is 5.92 Å². The first-order valence-electron chi connectivity index (χ1n) is 11.1. The molecule has 0 amide bonds. The molecule has 2 aliphatic rings. The molecule has 2 saturated carbocycles. The molecule has 30 heavy (non-hydrogen) atoms. The van der Waals surface area contributed by atoms with Crippen LogP contribution in [-0.4, -0.2) is 5.97 Å². The van der Waals surface area contributed by atoms with E-state index >= 15 is 0 Å². The van der Waals surface area contributed by atoms with Gasteiger partial charge in [-0.15, -0.1) is 4.91 Å². The smallest absolute Gasteiger partial charge is 0.314 e. The maximum atomic E-state index is 12.7. The number of esters is 1. The summed E-state index contributed by atoms with van der Waals surface area (Å²) in [7, 11) is 0. The molecule has 0 aromatic heterocycles. The Balaban J connectivity index is 1.82. The molecule has 4 atom stereocenters. The van der Waals surface area contributed by atoms with E-state index in [-0.39, 0.29) is 11.9 Å². The van der Waals surface area contributed by atoms with E-state index in [1.807, 2.05) is 50.2 Å². The van der Waals surface area contributed by atoms with Crippen LogP contribution in [0.3, 0.4) is 0 Å². The summed E-state index contributed by atoms with van der Waals surface area (Å²) in [4.78, 5) is 25.2. The molecule has 4 nitrogen and oxygen atoms in total. The minimum absolute atomic E-state index is 0.171. The lowest BCUT2D eigenvalue weighted by molar-refractivity contribution is -0.138. The Kier molecular flexibility index (Phi) is 4.61. The third kappa shape index (κ3) is 2.69. The fraction of sp³-hybridized carbons (Fsp3) is 0.423. The first-order chi connectivity index (χ1) is 14.6. The van der Waals surface area contributed by atoms with Gasteiger partial charge in [-0.2, -0.15) is 0 Å². The topological polar surface area (TPSA) is 55.7 Å². The summed E-state index contributed by atoms with van der Waals surface area (Å²) in [6.45, 7) is 3.88. The highest BCUT2D eigenvalue weighted by molar-refractivity contribution is 6.10. The molecular weight excluding hydrogens is 374 g/mol. The van der Waals surface area contributed by atoms with Crippen LogP contribution in [0.5, 0.6) is 5.75 Å². The number of ether oxygens (including phenoxy) is 1. The molecule has 2 bridgehead atoms. The monoisotopic (exact) mass is 401 g/mol. The summed E-state index contributed by atoms with van der Waals surface area (Å²) in [5, 5.41) is 7.58. The van der Waals surface area contributed by atoms with E-state index in [0.717, 1.165) is 52.8 Å². The van der Waals surface area contributed by atoms with Crippen LogP contribution in [0.2, 0.25) is 0 Å². The molecule has 4 unspecified atom stereocenters. The number of nitrogens with zero attached hydrogens (tertiary/aromatic N) is 1. The molecule has 3 aromatic carbocycles. The quantitative estimate of drug-likeness (QED) is 0.206. The van der Waals surface area contributed by atoms with Gasteiger partial charge in [-0.25, -0.2) is 0 Å². The van der Waals surface area contributed by atoms with Gasteiger partial charge in [0.25, 0.3) is 0 Å². The molecule has 3 aromatic rings. The van der Waals surface area contributed by atoms with E-state index < -0.39 is 5.54 Å². The zero-order valence-corrected chi connectivity index (χ0v) is 17.6. The van der Waals surface area contributed by atoms with Crippen molar-refractivity contribution in [3.05, 3.63) is 59.0 Å². The molecular formula is C26H27NO3. The maximum absolute atomic E-state index is 12.7. The molecule has 0 heterocycles. The van der Waals surface area contributed by atoms with Crippen molar-refractivity contribution in [2.45, 2.75) is 51.5 Å². The normalized spacial score (nSPS) is 26.2. The van der Waals surface area contributed by atoms with Crippen LogP contribution >= 0.6 is 0 Å². The van der Waals surface area contributed by atoms with Crippen LogP contribution in [0, 0.1) is 22.7 Å².